The van der Waals surface area contributed by atoms with E-state index in [1.54, 1.807) is 13.2 Å². The van der Waals surface area contributed by atoms with Crippen molar-refractivity contribution >= 4 is 5.91 Å². The van der Waals surface area contributed by atoms with Crippen molar-refractivity contribution in [1.82, 2.24) is 5.32 Å². The number of hydrogen-bond donors (Lipinski definition) is 1. The number of allylic oxidation sites excluding steroid dienone is 3. The Hall–Kier alpha value is -1.51. The lowest BCUT2D eigenvalue weighted by atomic mass is 9.88. The van der Waals surface area contributed by atoms with Gasteiger partial charge in [-0.15, -0.1) is 0 Å². The van der Waals surface area contributed by atoms with E-state index in [9.17, 15) is 4.79 Å². The molecule has 1 amide bonds. The molecule has 0 aliphatic heterocycles. The van der Waals surface area contributed by atoms with E-state index in [-0.39, 0.29) is 11.8 Å². The smallest absolute Gasteiger partial charge is 0.227 e. The molecule has 1 aliphatic rings. The molecule has 1 rings (SSSR count). The fourth-order valence-corrected chi connectivity index (χ4v) is 2.36. The number of ether oxygens (including phenoxy) is 1. The maximum atomic E-state index is 12.3. The molecule has 0 atom stereocenters. The van der Waals surface area contributed by atoms with E-state index >= 15 is 0 Å². The normalized spacial score (nSPS) is 17.5. The summed E-state index contributed by atoms with van der Waals surface area (Å²) in [6, 6.07) is 0. The predicted molar refractivity (Wildman–Crippen MR) is 82.9 cm³/mol. The Morgan fingerprint density at radius 1 is 1.25 bits per heavy atom. The molecule has 0 aromatic heterocycles. The van der Waals surface area contributed by atoms with Crippen molar-refractivity contribution in [3.63, 3.8) is 0 Å². The summed E-state index contributed by atoms with van der Waals surface area (Å²) in [5.74, 6) is 1.26. The summed E-state index contributed by atoms with van der Waals surface area (Å²) in [7, 11) is 1.58. The van der Waals surface area contributed by atoms with E-state index in [1.165, 1.54) is 6.42 Å². The highest BCUT2D eigenvalue weighted by Gasteiger charge is 2.21. The quantitative estimate of drug-likeness (QED) is 0.590. The Labute approximate surface area is 122 Å². The molecule has 1 fully saturated rings. The van der Waals surface area contributed by atoms with Crippen LogP contribution in [0.25, 0.3) is 0 Å². The molecule has 20 heavy (non-hydrogen) atoms. The molecule has 0 heterocycles. The maximum absolute atomic E-state index is 12.3. The number of amides is 1. The first-order chi connectivity index (χ1) is 9.52. The molecule has 3 heteroatoms. The van der Waals surface area contributed by atoms with Gasteiger partial charge in [-0.25, -0.2) is 0 Å². The van der Waals surface area contributed by atoms with Gasteiger partial charge in [0.25, 0.3) is 0 Å². The summed E-state index contributed by atoms with van der Waals surface area (Å²) in [5, 5.41) is 3.04. The van der Waals surface area contributed by atoms with E-state index in [2.05, 4.69) is 25.7 Å². The van der Waals surface area contributed by atoms with Gasteiger partial charge in [0.15, 0.2) is 0 Å². The zero-order valence-corrected chi connectivity index (χ0v) is 12.9. The highest BCUT2D eigenvalue weighted by molar-refractivity contribution is 5.80. The number of nitrogens with one attached hydrogen (secondary N) is 1. The van der Waals surface area contributed by atoms with Gasteiger partial charge in [-0.05, 0) is 30.9 Å². The van der Waals surface area contributed by atoms with Crippen LogP contribution in [0.15, 0.2) is 36.3 Å². The number of carbonyl (C=O) groups excluding carboxylic acids is 1. The molecular formula is C17H27NO2. The second-order valence-electron chi connectivity index (χ2n) is 5.69. The van der Waals surface area contributed by atoms with Crippen LogP contribution in [-0.2, 0) is 9.53 Å². The van der Waals surface area contributed by atoms with E-state index < -0.39 is 0 Å². The molecule has 0 spiro atoms. The minimum Gasteiger partial charge on any atom is -0.497 e. The first kappa shape index (κ1) is 16.5. The first-order valence-corrected chi connectivity index (χ1v) is 7.46. The average molecular weight is 277 g/mol. The molecule has 1 aliphatic carbocycles. The molecule has 0 saturated heterocycles. The molecule has 112 valence electrons. The van der Waals surface area contributed by atoms with Crippen LogP contribution < -0.4 is 5.32 Å². The summed E-state index contributed by atoms with van der Waals surface area (Å²) >= 11 is 0. The van der Waals surface area contributed by atoms with Crippen molar-refractivity contribution in [3.8, 4) is 0 Å². The molecule has 0 radical (unpaired) electrons. The molecule has 0 aromatic carbocycles. The fraction of sp³-hybridized carbons (Fsp3) is 0.588. The zero-order valence-electron chi connectivity index (χ0n) is 12.9. The minimum absolute atomic E-state index is 0.143. The Morgan fingerprint density at radius 3 is 2.45 bits per heavy atom. The fourth-order valence-electron chi connectivity index (χ4n) is 2.36. The topological polar surface area (TPSA) is 38.3 Å². The van der Waals surface area contributed by atoms with Gasteiger partial charge >= 0.3 is 0 Å². The number of methoxy groups -OCH3 is 1. The molecule has 0 bridgehead atoms. The summed E-state index contributed by atoms with van der Waals surface area (Å²) in [5.41, 5.74) is 0.828. The third-order valence-electron chi connectivity index (χ3n) is 3.47. The summed E-state index contributed by atoms with van der Waals surface area (Å²) in [6.07, 6.45) is 11.3. The van der Waals surface area contributed by atoms with Gasteiger partial charge in [-0.3, -0.25) is 4.79 Å². The number of rotatable bonds is 6. The van der Waals surface area contributed by atoms with Crippen molar-refractivity contribution < 1.29 is 9.53 Å². The van der Waals surface area contributed by atoms with Crippen LogP contribution in [0, 0.1) is 11.8 Å². The SMILES string of the molecule is C=C(/C=C\C(=C/C(C)C)NC(=O)C1CCCCC1)OC. The van der Waals surface area contributed by atoms with Crippen LogP contribution in [0.5, 0.6) is 0 Å². The van der Waals surface area contributed by atoms with E-state index in [0.717, 1.165) is 31.4 Å². The summed E-state index contributed by atoms with van der Waals surface area (Å²) < 4.78 is 5.01. The van der Waals surface area contributed by atoms with Gasteiger partial charge < -0.3 is 10.1 Å². The second-order valence-corrected chi connectivity index (χ2v) is 5.69. The van der Waals surface area contributed by atoms with Gasteiger partial charge in [-0.1, -0.05) is 45.8 Å². The predicted octanol–water partition coefficient (Wildman–Crippen LogP) is 3.94. The van der Waals surface area contributed by atoms with Crippen molar-refractivity contribution in [1.29, 1.82) is 0 Å². The Morgan fingerprint density at radius 2 is 1.90 bits per heavy atom. The highest BCUT2D eigenvalue weighted by atomic mass is 16.5. The Balaban J connectivity index is 2.66. The van der Waals surface area contributed by atoms with Crippen molar-refractivity contribution in [2.24, 2.45) is 11.8 Å². The van der Waals surface area contributed by atoms with Crippen LogP contribution in [0.2, 0.25) is 0 Å². The Kier molecular flexibility index (Phi) is 7.13. The summed E-state index contributed by atoms with van der Waals surface area (Å²) in [4.78, 5) is 12.3. The van der Waals surface area contributed by atoms with Crippen LogP contribution in [0.1, 0.15) is 46.0 Å². The largest absolute Gasteiger partial charge is 0.497 e. The molecule has 0 unspecified atom stereocenters. The lowest BCUT2D eigenvalue weighted by Crippen LogP contribution is -2.31. The molecular weight excluding hydrogens is 250 g/mol. The third-order valence-corrected chi connectivity index (χ3v) is 3.47. The van der Waals surface area contributed by atoms with Gasteiger partial charge in [0.2, 0.25) is 5.91 Å². The zero-order chi connectivity index (χ0) is 15.0. The lowest BCUT2D eigenvalue weighted by molar-refractivity contribution is -0.125. The van der Waals surface area contributed by atoms with Crippen LogP contribution >= 0.6 is 0 Å². The number of carbonyl (C=O) groups is 1. The van der Waals surface area contributed by atoms with Crippen LogP contribution in [0.4, 0.5) is 0 Å². The van der Waals surface area contributed by atoms with Gasteiger partial charge in [0.1, 0.15) is 5.76 Å². The van der Waals surface area contributed by atoms with Crippen molar-refractivity contribution in [2.45, 2.75) is 46.0 Å². The number of hydrogen-bond acceptors (Lipinski definition) is 2. The molecule has 3 nitrogen and oxygen atoms in total. The molecule has 1 saturated carbocycles. The lowest BCUT2D eigenvalue weighted by Gasteiger charge is -2.21. The maximum Gasteiger partial charge on any atom is 0.227 e. The minimum atomic E-state index is 0.143. The van der Waals surface area contributed by atoms with Gasteiger partial charge in [0.05, 0.1) is 7.11 Å². The van der Waals surface area contributed by atoms with Crippen LogP contribution in [0.3, 0.4) is 0 Å². The standard InChI is InChI=1S/C17H27NO2/c1-13(2)12-16(11-10-14(3)20-4)18-17(19)15-8-6-5-7-9-15/h10-13,15H,3,5-9H2,1-2,4H3,(H,18,19)/b11-10-,16-12+. The summed E-state index contributed by atoms with van der Waals surface area (Å²) in [6.45, 7) is 7.92. The van der Waals surface area contributed by atoms with Gasteiger partial charge in [0, 0.05) is 11.6 Å². The monoisotopic (exact) mass is 277 g/mol. The Bertz CT molecular complexity index is 388. The van der Waals surface area contributed by atoms with Crippen molar-refractivity contribution in [3.05, 3.63) is 36.3 Å². The molecule has 0 aromatic rings. The van der Waals surface area contributed by atoms with E-state index in [1.807, 2.05) is 12.2 Å². The second kappa shape index (κ2) is 8.62. The first-order valence-electron chi connectivity index (χ1n) is 7.46. The third kappa shape index (κ3) is 6.09. The van der Waals surface area contributed by atoms with E-state index in [0.29, 0.717) is 11.7 Å². The van der Waals surface area contributed by atoms with Gasteiger partial charge in [-0.2, -0.15) is 0 Å². The highest BCUT2D eigenvalue weighted by Crippen LogP contribution is 2.24. The van der Waals surface area contributed by atoms with Crippen molar-refractivity contribution in [2.75, 3.05) is 7.11 Å². The average Bonchev–Trinajstić information content (AvgIpc) is 2.44. The van der Waals surface area contributed by atoms with Crippen LogP contribution in [-0.4, -0.2) is 13.0 Å². The van der Waals surface area contributed by atoms with E-state index in [4.69, 9.17) is 4.74 Å². The molecule has 1 N–H and O–H groups in total.